The molecule has 0 aromatic carbocycles. The van der Waals surface area contributed by atoms with Crippen LogP contribution >= 0.6 is 0 Å². The Kier molecular flexibility index (Phi) is 3.58. The van der Waals surface area contributed by atoms with Gasteiger partial charge in [0, 0.05) is 6.04 Å². The molecule has 1 saturated heterocycles. The van der Waals surface area contributed by atoms with Crippen molar-refractivity contribution in [3.05, 3.63) is 23.5 Å². The normalized spacial score (nSPS) is 19.2. The summed E-state index contributed by atoms with van der Waals surface area (Å²) in [4.78, 5) is 15.0. The Morgan fingerprint density at radius 2 is 2.53 bits per heavy atom. The van der Waals surface area contributed by atoms with Crippen LogP contribution in [-0.2, 0) is 0 Å². The number of nitrogens with two attached hydrogens (primary N) is 1. The molecule has 0 saturated carbocycles. The van der Waals surface area contributed by atoms with Crippen molar-refractivity contribution in [2.24, 2.45) is 5.73 Å². The van der Waals surface area contributed by atoms with Gasteiger partial charge in [0.05, 0.1) is 6.20 Å². The van der Waals surface area contributed by atoms with E-state index < -0.39 is 5.91 Å². The smallest absolute Gasteiger partial charge is 0.267 e. The molecule has 0 unspecified atom stereocenters. The number of primary amides is 1. The number of nitrogens with zero attached hydrogens (tertiary/aromatic N) is 1. The third-order valence-corrected chi connectivity index (χ3v) is 2.90. The van der Waals surface area contributed by atoms with Crippen LogP contribution in [0.25, 0.3) is 0 Å². The van der Waals surface area contributed by atoms with Crippen LogP contribution in [0.15, 0.2) is 12.3 Å². The largest absolute Gasteiger partial charge is 0.490 e. The standard InChI is InChI=1S/C12H17N3O2/c1-8-5-10(6-15-11(8)12(13)16)17-7-9-3-2-4-14-9/h5-6,9,14H,2-4,7H2,1H3,(H2,13,16)/t9-/m0/s1. The number of carbonyl (C=O) groups excluding carboxylic acids is 1. The third-order valence-electron chi connectivity index (χ3n) is 2.90. The first-order valence-electron chi connectivity index (χ1n) is 5.79. The third kappa shape index (κ3) is 2.94. The fraction of sp³-hybridized carbons (Fsp3) is 0.500. The van der Waals surface area contributed by atoms with Gasteiger partial charge in [-0.1, -0.05) is 0 Å². The zero-order chi connectivity index (χ0) is 12.3. The van der Waals surface area contributed by atoms with E-state index >= 15 is 0 Å². The monoisotopic (exact) mass is 235 g/mol. The van der Waals surface area contributed by atoms with Crippen molar-refractivity contribution >= 4 is 5.91 Å². The minimum atomic E-state index is -0.508. The van der Waals surface area contributed by atoms with E-state index in [4.69, 9.17) is 10.5 Å². The van der Waals surface area contributed by atoms with Crippen LogP contribution in [0, 0.1) is 6.92 Å². The highest BCUT2D eigenvalue weighted by Crippen LogP contribution is 2.15. The second kappa shape index (κ2) is 5.14. The number of pyridine rings is 1. The molecule has 5 nitrogen and oxygen atoms in total. The van der Waals surface area contributed by atoms with Crippen molar-refractivity contribution in [1.29, 1.82) is 0 Å². The molecule has 17 heavy (non-hydrogen) atoms. The molecule has 0 radical (unpaired) electrons. The van der Waals surface area contributed by atoms with Gasteiger partial charge in [0.1, 0.15) is 18.1 Å². The van der Waals surface area contributed by atoms with Crippen LogP contribution in [0.2, 0.25) is 0 Å². The number of rotatable bonds is 4. The highest BCUT2D eigenvalue weighted by atomic mass is 16.5. The number of nitrogens with one attached hydrogen (secondary N) is 1. The summed E-state index contributed by atoms with van der Waals surface area (Å²) in [6.07, 6.45) is 3.89. The Hall–Kier alpha value is -1.62. The number of amides is 1. The molecule has 2 rings (SSSR count). The molecular formula is C12H17N3O2. The van der Waals surface area contributed by atoms with Gasteiger partial charge in [0.15, 0.2) is 0 Å². The van der Waals surface area contributed by atoms with Crippen LogP contribution in [0.4, 0.5) is 0 Å². The maximum atomic E-state index is 11.0. The van der Waals surface area contributed by atoms with Gasteiger partial charge in [0.2, 0.25) is 0 Å². The molecule has 1 atom stereocenters. The van der Waals surface area contributed by atoms with Gasteiger partial charge >= 0.3 is 0 Å². The van der Waals surface area contributed by atoms with Gasteiger partial charge in [-0.2, -0.15) is 0 Å². The summed E-state index contributed by atoms with van der Waals surface area (Å²) in [6, 6.07) is 2.22. The van der Waals surface area contributed by atoms with Crippen molar-refractivity contribution in [1.82, 2.24) is 10.3 Å². The van der Waals surface area contributed by atoms with Crippen molar-refractivity contribution < 1.29 is 9.53 Å². The first-order valence-corrected chi connectivity index (χ1v) is 5.79. The van der Waals surface area contributed by atoms with E-state index in [1.54, 1.807) is 19.2 Å². The number of hydrogen-bond donors (Lipinski definition) is 2. The maximum Gasteiger partial charge on any atom is 0.267 e. The van der Waals surface area contributed by atoms with E-state index in [1.807, 2.05) is 0 Å². The Morgan fingerprint density at radius 1 is 1.71 bits per heavy atom. The molecule has 5 heteroatoms. The predicted molar refractivity (Wildman–Crippen MR) is 64.0 cm³/mol. The maximum absolute atomic E-state index is 11.0. The lowest BCUT2D eigenvalue weighted by molar-refractivity contribution is 0.0995. The van der Waals surface area contributed by atoms with E-state index in [0.717, 1.165) is 18.5 Å². The summed E-state index contributed by atoms with van der Waals surface area (Å²) < 4.78 is 5.63. The van der Waals surface area contributed by atoms with Crippen LogP contribution in [0.3, 0.4) is 0 Å². The number of aryl methyl sites for hydroxylation is 1. The number of ether oxygens (including phenoxy) is 1. The van der Waals surface area contributed by atoms with Gasteiger partial charge in [-0.15, -0.1) is 0 Å². The molecule has 2 heterocycles. The predicted octanol–water partition coefficient (Wildman–Crippen LogP) is 0.620. The first-order chi connectivity index (χ1) is 8.16. The molecule has 1 aliphatic heterocycles. The quantitative estimate of drug-likeness (QED) is 0.802. The summed E-state index contributed by atoms with van der Waals surface area (Å²) in [5, 5.41) is 3.35. The summed E-state index contributed by atoms with van der Waals surface area (Å²) in [7, 11) is 0. The first kappa shape index (κ1) is 11.9. The molecule has 1 aromatic rings. The summed E-state index contributed by atoms with van der Waals surface area (Å²) in [6.45, 7) is 3.50. The number of carbonyl (C=O) groups is 1. The van der Waals surface area contributed by atoms with Crippen LogP contribution in [0.1, 0.15) is 28.9 Å². The molecule has 0 bridgehead atoms. The van der Waals surface area contributed by atoms with E-state index in [1.165, 1.54) is 6.42 Å². The number of aromatic nitrogens is 1. The average Bonchev–Trinajstić information content (AvgIpc) is 2.78. The lowest BCUT2D eigenvalue weighted by Gasteiger charge is -2.12. The minimum Gasteiger partial charge on any atom is -0.490 e. The van der Waals surface area contributed by atoms with E-state index in [2.05, 4.69) is 10.3 Å². The zero-order valence-electron chi connectivity index (χ0n) is 9.90. The van der Waals surface area contributed by atoms with E-state index in [9.17, 15) is 4.79 Å². The van der Waals surface area contributed by atoms with Crippen molar-refractivity contribution in [3.8, 4) is 5.75 Å². The molecule has 1 amide bonds. The molecule has 3 N–H and O–H groups in total. The summed E-state index contributed by atoms with van der Waals surface area (Å²) >= 11 is 0. The van der Waals surface area contributed by atoms with Gasteiger partial charge in [-0.05, 0) is 37.9 Å². The highest BCUT2D eigenvalue weighted by Gasteiger charge is 2.15. The van der Waals surface area contributed by atoms with E-state index in [0.29, 0.717) is 24.1 Å². The molecule has 1 aromatic heterocycles. The fourth-order valence-corrected chi connectivity index (χ4v) is 1.98. The Labute approximate surface area is 100 Å². The zero-order valence-corrected chi connectivity index (χ0v) is 9.90. The summed E-state index contributed by atoms with van der Waals surface area (Å²) in [5.41, 5.74) is 6.23. The number of hydrogen-bond acceptors (Lipinski definition) is 4. The van der Waals surface area contributed by atoms with Gasteiger partial charge in [-0.3, -0.25) is 4.79 Å². The topological polar surface area (TPSA) is 77.2 Å². The van der Waals surface area contributed by atoms with Crippen LogP contribution < -0.4 is 15.8 Å². The second-order valence-electron chi connectivity index (χ2n) is 4.31. The minimum absolute atomic E-state index is 0.302. The lowest BCUT2D eigenvalue weighted by atomic mass is 10.2. The molecule has 1 aliphatic rings. The van der Waals surface area contributed by atoms with Gasteiger partial charge < -0.3 is 15.8 Å². The van der Waals surface area contributed by atoms with Gasteiger partial charge in [-0.25, -0.2) is 4.98 Å². The Bertz CT molecular complexity index is 414. The molecular weight excluding hydrogens is 218 g/mol. The second-order valence-corrected chi connectivity index (χ2v) is 4.31. The Morgan fingerprint density at radius 3 is 3.12 bits per heavy atom. The van der Waals surface area contributed by atoms with Crippen LogP contribution in [0.5, 0.6) is 5.75 Å². The van der Waals surface area contributed by atoms with Crippen molar-refractivity contribution in [2.75, 3.05) is 13.2 Å². The van der Waals surface area contributed by atoms with Crippen molar-refractivity contribution in [2.45, 2.75) is 25.8 Å². The lowest BCUT2D eigenvalue weighted by Crippen LogP contribution is -2.28. The average molecular weight is 235 g/mol. The summed E-state index contributed by atoms with van der Waals surface area (Å²) in [5.74, 6) is 0.174. The molecule has 0 aliphatic carbocycles. The highest BCUT2D eigenvalue weighted by molar-refractivity contribution is 5.92. The molecule has 92 valence electrons. The van der Waals surface area contributed by atoms with Crippen molar-refractivity contribution in [3.63, 3.8) is 0 Å². The SMILES string of the molecule is Cc1cc(OC[C@@H]2CCCN2)cnc1C(N)=O. The Balaban J connectivity index is 1.97. The molecule has 1 fully saturated rings. The fourth-order valence-electron chi connectivity index (χ4n) is 1.98. The van der Waals surface area contributed by atoms with Crippen LogP contribution in [-0.4, -0.2) is 30.1 Å². The molecule has 0 spiro atoms. The van der Waals surface area contributed by atoms with E-state index in [-0.39, 0.29) is 0 Å². The van der Waals surface area contributed by atoms with Gasteiger partial charge in [0.25, 0.3) is 5.91 Å².